The molecule has 2 heterocycles. The average molecular weight is 450 g/mol. The minimum atomic E-state index is -0.0640. The van der Waals surface area contributed by atoms with Crippen LogP contribution < -0.4 is 10.5 Å². The Kier molecular flexibility index (Phi) is 6.53. The second-order valence-corrected chi connectivity index (χ2v) is 9.03. The molecule has 0 saturated heterocycles. The number of carbonyl (C=O) groups is 1. The van der Waals surface area contributed by atoms with Crippen molar-refractivity contribution in [2.24, 2.45) is 0 Å². The molecule has 0 aliphatic rings. The first-order valence-electron chi connectivity index (χ1n) is 10.1. The van der Waals surface area contributed by atoms with E-state index in [4.69, 9.17) is 4.98 Å². The van der Waals surface area contributed by atoms with Crippen LogP contribution in [-0.2, 0) is 11.3 Å². The van der Waals surface area contributed by atoms with Gasteiger partial charge in [0, 0.05) is 12.2 Å². The van der Waals surface area contributed by atoms with Crippen LogP contribution in [0.5, 0.6) is 0 Å². The van der Waals surface area contributed by atoms with Gasteiger partial charge < -0.3 is 4.90 Å². The number of thiophene rings is 1. The molecule has 7 heteroatoms. The third-order valence-corrected chi connectivity index (χ3v) is 6.85. The van der Waals surface area contributed by atoms with Gasteiger partial charge in [0.25, 0.3) is 5.56 Å². The highest BCUT2D eigenvalue weighted by Crippen LogP contribution is 2.23. The zero-order valence-corrected chi connectivity index (χ0v) is 19.1. The van der Waals surface area contributed by atoms with Crippen molar-refractivity contribution in [1.29, 1.82) is 0 Å². The first kappa shape index (κ1) is 21.3. The monoisotopic (exact) mass is 449 g/mol. The molecule has 0 aliphatic heterocycles. The summed E-state index contributed by atoms with van der Waals surface area (Å²) in [5.41, 5.74) is 3.68. The standard InChI is InChI=1S/C24H23N3O2S2/c1-3-26(19-7-5-4-6-8-19)21(28)16-31-24-25-20-13-14-30-22(20)23(29)27(24)15-18-11-9-17(2)10-12-18/h4-14H,3,15-16H2,1-2H3. The van der Waals surface area contributed by atoms with Crippen LogP contribution in [0.1, 0.15) is 18.1 Å². The predicted octanol–water partition coefficient (Wildman–Crippen LogP) is 4.96. The molecule has 0 fully saturated rings. The normalized spacial score (nSPS) is 11.0. The number of nitrogens with zero attached hydrogens (tertiary/aromatic N) is 3. The smallest absolute Gasteiger partial charge is 0.272 e. The minimum absolute atomic E-state index is 0.0137. The second-order valence-electron chi connectivity index (χ2n) is 7.17. The number of hydrogen-bond donors (Lipinski definition) is 0. The third-order valence-electron chi connectivity index (χ3n) is 5.00. The van der Waals surface area contributed by atoms with Gasteiger partial charge in [-0.3, -0.25) is 14.2 Å². The SMILES string of the molecule is CCN(C(=O)CSc1nc2ccsc2c(=O)n1Cc1ccc(C)cc1)c1ccccc1. The zero-order chi connectivity index (χ0) is 21.8. The fourth-order valence-corrected chi connectivity index (χ4v) is 5.02. The van der Waals surface area contributed by atoms with Crippen molar-refractivity contribution in [2.45, 2.75) is 25.5 Å². The van der Waals surface area contributed by atoms with Crippen molar-refractivity contribution < 1.29 is 4.79 Å². The van der Waals surface area contributed by atoms with E-state index >= 15 is 0 Å². The minimum Gasteiger partial charge on any atom is -0.312 e. The number of aromatic nitrogens is 2. The number of thioether (sulfide) groups is 1. The molecule has 0 bridgehead atoms. The molecule has 2 aromatic carbocycles. The van der Waals surface area contributed by atoms with Gasteiger partial charge in [-0.2, -0.15) is 0 Å². The number of hydrogen-bond acceptors (Lipinski definition) is 5. The van der Waals surface area contributed by atoms with Crippen LogP contribution >= 0.6 is 23.1 Å². The largest absolute Gasteiger partial charge is 0.312 e. The van der Waals surface area contributed by atoms with Gasteiger partial charge in [0.1, 0.15) is 4.70 Å². The molecule has 0 atom stereocenters. The lowest BCUT2D eigenvalue weighted by Crippen LogP contribution is -2.32. The molecule has 0 spiro atoms. The third kappa shape index (κ3) is 4.73. The summed E-state index contributed by atoms with van der Waals surface area (Å²) in [5, 5.41) is 2.44. The van der Waals surface area contributed by atoms with Gasteiger partial charge in [0.05, 0.1) is 17.8 Å². The molecule has 0 radical (unpaired) electrons. The van der Waals surface area contributed by atoms with Gasteiger partial charge in [-0.25, -0.2) is 4.98 Å². The number of fused-ring (bicyclic) bond motifs is 1. The number of benzene rings is 2. The van der Waals surface area contributed by atoms with Crippen LogP contribution in [0, 0.1) is 6.92 Å². The number of anilines is 1. The van der Waals surface area contributed by atoms with E-state index in [0.29, 0.717) is 28.5 Å². The molecule has 0 aliphatic carbocycles. The molecule has 0 unspecified atom stereocenters. The van der Waals surface area contributed by atoms with Crippen LogP contribution in [0.15, 0.2) is 76.0 Å². The summed E-state index contributed by atoms with van der Waals surface area (Å²) in [5.74, 6) is 0.193. The summed E-state index contributed by atoms with van der Waals surface area (Å²) in [7, 11) is 0. The van der Waals surface area contributed by atoms with Crippen molar-refractivity contribution in [1.82, 2.24) is 9.55 Å². The van der Waals surface area contributed by atoms with E-state index in [1.807, 2.05) is 79.9 Å². The van der Waals surface area contributed by atoms with Gasteiger partial charge in [-0.05, 0) is 43.0 Å². The maximum absolute atomic E-state index is 13.2. The van der Waals surface area contributed by atoms with E-state index in [9.17, 15) is 9.59 Å². The molecule has 1 amide bonds. The zero-order valence-electron chi connectivity index (χ0n) is 17.4. The highest BCUT2D eigenvalue weighted by atomic mass is 32.2. The van der Waals surface area contributed by atoms with E-state index < -0.39 is 0 Å². The number of aryl methyl sites for hydroxylation is 1. The van der Waals surface area contributed by atoms with Crippen molar-refractivity contribution in [2.75, 3.05) is 17.2 Å². The van der Waals surface area contributed by atoms with E-state index in [1.165, 1.54) is 28.7 Å². The quantitative estimate of drug-likeness (QED) is 0.296. The Morgan fingerprint density at radius 3 is 2.55 bits per heavy atom. The molecule has 5 nitrogen and oxygen atoms in total. The summed E-state index contributed by atoms with van der Waals surface area (Å²) in [6.07, 6.45) is 0. The van der Waals surface area contributed by atoms with Gasteiger partial charge in [-0.1, -0.05) is 59.8 Å². The van der Waals surface area contributed by atoms with E-state index in [2.05, 4.69) is 0 Å². The van der Waals surface area contributed by atoms with Crippen LogP contribution in [0.25, 0.3) is 10.2 Å². The van der Waals surface area contributed by atoms with Gasteiger partial charge >= 0.3 is 0 Å². The summed E-state index contributed by atoms with van der Waals surface area (Å²) in [6.45, 7) is 5.00. The van der Waals surface area contributed by atoms with Gasteiger partial charge in [0.2, 0.25) is 5.91 Å². The molecule has 31 heavy (non-hydrogen) atoms. The maximum atomic E-state index is 13.2. The Morgan fingerprint density at radius 2 is 1.84 bits per heavy atom. The Hall–Kier alpha value is -2.90. The van der Waals surface area contributed by atoms with Crippen LogP contribution in [0.3, 0.4) is 0 Å². The summed E-state index contributed by atoms with van der Waals surface area (Å²) in [4.78, 5) is 32.6. The molecule has 158 valence electrons. The highest BCUT2D eigenvalue weighted by molar-refractivity contribution is 7.99. The summed E-state index contributed by atoms with van der Waals surface area (Å²) in [6, 6.07) is 19.6. The topological polar surface area (TPSA) is 55.2 Å². The molecular weight excluding hydrogens is 426 g/mol. The van der Waals surface area contributed by atoms with Gasteiger partial charge in [-0.15, -0.1) is 11.3 Å². The van der Waals surface area contributed by atoms with Crippen LogP contribution in [0.2, 0.25) is 0 Å². The van der Waals surface area contributed by atoms with Gasteiger partial charge in [0.15, 0.2) is 5.16 Å². The Morgan fingerprint density at radius 1 is 1.10 bits per heavy atom. The second kappa shape index (κ2) is 9.49. The molecule has 4 aromatic rings. The molecule has 0 saturated carbocycles. The Balaban J connectivity index is 1.62. The maximum Gasteiger partial charge on any atom is 0.272 e. The summed E-state index contributed by atoms with van der Waals surface area (Å²) >= 11 is 2.71. The summed E-state index contributed by atoms with van der Waals surface area (Å²) < 4.78 is 2.32. The first-order chi connectivity index (χ1) is 15.1. The fraction of sp³-hybridized carbons (Fsp3) is 0.208. The molecule has 0 N–H and O–H groups in total. The van der Waals surface area contributed by atoms with E-state index in [-0.39, 0.29) is 17.2 Å². The van der Waals surface area contributed by atoms with Crippen molar-refractivity contribution in [3.63, 3.8) is 0 Å². The Bertz CT molecular complexity index is 1250. The lowest BCUT2D eigenvalue weighted by Gasteiger charge is -2.21. The number of amides is 1. The van der Waals surface area contributed by atoms with Crippen molar-refractivity contribution >= 4 is 44.9 Å². The number of para-hydroxylation sites is 1. The van der Waals surface area contributed by atoms with Crippen LogP contribution in [0.4, 0.5) is 5.69 Å². The highest BCUT2D eigenvalue weighted by Gasteiger charge is 2.18. The lowest BCUT2D eigenvalue weighted by molar-refractivity contribution is -0.116. The average Bonchev–Trinajstić information content (AvgIpc) is 3.26. The molecule has 2 aromatic heterocycles. The number of carbonyl (C=O) groups excluding carboxylic acids is 1. The fourth-order valence-electron chi connectivity index (χ4n) is 3.36. The van der Waals surface area contributed by atoms with Crippen molar-refractivity contribution in [3.8, 4) is 0 Å². The predicted molar refractivity (Wildman–Crippen MR) is 129 cm³/mol. The lowest BCUT2D eigenvalue weighted by atomic mass is 10.1. The van der Waals surface area contributed by atoms with E-state index in [0.717, 1.165) is 11.3 Å². The van der Waals surface area contributed by atoms with Crippen LogP contribution in [-0.4, -0.2) is 27.8 Å². The molecule has 4 rings (SSSR count). The Labute approximate surface area is 189 Å². The molecular formula is C24H23N3O2S2. The number of rotatable bonds is 7. The van der Waals surface area contributed by atoms with E-state index in [1.54, 1.807) is 9.47 Å². The van der Waals surface area contributed by atoms with Crippen molar-refractivity contribution in [3.05, 3.63) is 87.5 Å². The first-order valence-corrected chi connectivity index (χ1v) is 11.9.